The highest BCUT2D eigenvalue weighted by Crippen LogP contribution is 2.43. The maximum atomic E-state index is 14.1. The molecule has 3 heterocycles. The Morgan fingerprint density at radius 2 is 1.94 bits per heavy atom. The molecule has 0 aliphatic carbocycles. The van der Waals surface area contributed by atoms with Gasteiger partial charge in [-0.1, -0.05) is 37.3 Å². The van der Waals surface area contributed by atoms with Crippen molar-refractivity contribution >= 4 is 11.7 Å². The van der Waals surface area contributed by atoms with Crippen LogP contribution in [-0.4, -0.2) is 66.4 Å². The highest BCUT2D eigenvalue weighted by Gasteiger charge is 2.45. The van der Waals surface area contributed by atoms with E-state index in [1.807, 2.05) is 37.4 Å². The van der Waals surface area contributed by atoms with Gasteiger partial charge in [0.05, 0.1) is 24.3 Å². The van der Waals surface area contributed by atoms with Crippen LogP contribution in [0.25, 0.3) is 0 Å². The lowest BCUT2D eigenvalue weighted by molar-refractivity contribution is 0.123. The molecule has 0 aromatic heterocycles. The molecule has 0 bridgehead atoms. The number of urea groups is 1. The molecule has 2 aromatic carbocycles. The van der Waals surface area contributed by atoms with Crippen LogP contribution < -0.4 is 4.74 Å². The predicted octanol–water partition coefficient (Wildman–Crippen LogP) is 4.38. The van der Waals surface area contributed by atoms with Gasteiger partial charge in [-0.3, -0.25) is 0 Å². The number of fused-ring (bicyclic) bond motifs is 3. The van der Waals surface area contributed by atoms with Crippen molar-refractivity contribution < 1.29 is 13.9 Å². The first-order valence-electron chi connectivity index (χ1n) is 11.8. The number of rotatable bonds is 4. The van der Waals surface area contributed by atoms with Gasteiger partial charge in [-0.25, -0.2) is 14.2 Å². The van der Waals surface area contributed by atoms with Gasteiger partial charge in [0.25, 0.3) is 0 Å². The van der Waals surface area contributed by atoms with Gasteiger partial charge in [0.2, 0.25) is 0 Å². The summed E-state index contributed by atoms with van der Waals surface area (Å²) in [4.78, 5) is 17.8. The van der Waals surface area contributed by atoms with Gasteiger partial charge in [-0.15, -0.1) is 0 Å². The summed E-state index contributed by atoms with van der Waals surface area (Å²) < 4.78 is 20.0. The Labute approximate surface area is 194 Å². The number of piperidine rings is 1. The smallest absolute Gasteiger partial charge is 0.340 e. The Balaban J connectivity index is 1.39. The van der Waals surface area contributed by atoms with E-state index >= 15 is 0 Å². The van der Waals surface area contributed by atoms with Gasteiger partial charge in [0.15, 0.2) is 0 Å². The van der Waals surface area contributed by atoms with E-state index in [0.717, 1.165) is 36.8 Å². The summed E-state index contributed by atoms with van der Waals surface area (Å²) in [5.41, 5.74) is 2.35. The SMILES string of the molecule is CC1CCN(CCN(C)C(=O)N2N=C3c4cc(F)ccc4OCC3C2c2ccccc2)CC1. The Morgan fingerprint density at radius 1 is 1.18 bits per heavy atom. The van der Waals surface area contributed by atoms with Crippen molar-refractivity contribution in [3.8, 4) is 5.75 Å². The fourth-order valence-electron chi connectivity index (χ4n) is 5.04. The second-order valence-corrected chi connectivity index (χ2v) is 9.47. The number of carbonyl (C=O) groups is 1. The van der Waals surface area contributed by atoms with Crippen molar-refractivity contribution in [1.82, 2.24) is 14.8 Å². The minimum atomic E-state index is -0.338. The molecule has 174 valence electrons. The van der Waals surface area contributed by atoms with Gasteiger partial charge in [-0.2, -0.15) is 5.10 Å². The lowest BCUT2D eigenvalue weighted by atomic mass is 9.86. The van der Waals surface area contributed by atoms with Crippen LogP contribution in [0.4, 0.5) is 9.18 Å². The van der Waals surface area contributed by atoms with Crippen LogP contribution in [0, 0.1) is 17.7 Å². The summed E-state index contributed by atoms with van der Waals surface area (Å²) in [7, 11) is 1.84. The number of halogens is 1. The molecule has 3 aliphatic heterocycles. The number of ether oxygens (including phenoxy) is 1. The van der Waals surface area contributed by atoms with Crippen molar-refractivity contribution in [2.45, 2.75) is 25.8 Å². The fourth-order valence-corrected chi connectivity index (χ4v) is 5.04. The quantitative estimate of drug-likeness (QED) is 0.695. The van der Waals surface area contributed by atoms with E-state index in [0.29, 0.717) is 24.5 Å². The third-order valence-electron chi connectivity index (χ3n) is 7.14. The van der Waals surface area contributed by atoms with Crippen LogP contribution in [0.15, 0.2) is 53.6 Å². The van der Waals surface area contributed by atoms with E-state index in [1.54, 1.807) is 16.0 Å². The molecule has 7 heteroatoms. The zero-order chi connectivity index (χ0) is 22.9. The minimum absolute atomic E-state index is 0.144. The van der Waals surface area contributed by atoms with Gasteiger partial charge in [0, 0.05) is 25.7 Å². The summed E-state index contributed by atoms with van der Waals surface area (Å²) in [5, 5.41) is 6.35. The van der Waals surface area contributed by atoms with Crippen LogP contribution in [0.3, 0.4) is 0 Å². The summed E-state index contributed by atoms with van der Waals surface area (Å²) in [6, 6.07) is 14.0. The predicted molar refractivity (Wildman–Crippen MR) is 126 cm³/mol. The molecular weight excluding hydrogens is 419 g/mol. The molecule has 0 N–H and O–H groups in total. The topological polar surface area (TPSA) is 48.4 Å². The molecule has 2 unspecified atom stereocenters. The first-order valence-corrected chi connectivity index (χ1v) is 11.8. The molecule has 0 spiro atoms. The molecule has 1 fully saturated rings. The number of hydrogen-bond donors (Lipinski definition) is 0. The van der Waals surface area contributed by atoms with E-state index < -0.39 is 0 Å². The number of amides is 2. The third kappa shape index (κ3) is 4.34. The molecule has 5 rings (SSSR count). The van der Waals surface area contributed by atoms with E-state index in [2.05, 4.69) is 11.8 Å². The number of likely N-dealkylation sites (tertiary alicyclic amines) is 1. The first kappa shape index (κ1) is 21.9. The molecule has 0 radical (unpaired) electrons. The lowest BCUT2D eigenvalue weighted by Gasteiger charge is -2.33. The lowest BCUT2D eigenvalue weighted by Crippen LogP contribution is -2.44. The monoisotopic (exact) mass is 450 g/mol. The number of nitrogens with zero attached hydrogens (tertiary/aromatic N) is 4. The van der Waals surface area contributed by atoms with Crippen molar-refractivity contribution in [1.29, 1.82) is 0 Å². The number of hydrogen-bond acceptors (Lipinski definition) is 4. The fraction of sp³-hybridized carbons (Fsp3) is 0.462. The van der Waals surface area contributed by atoms with Gasteiger partial charge >= 0.3 is 6.03 Å². The highest BCUT2D eigenvalue weighted by atomic mass is 19.1. The van der Waals surface area contributed by atoms with Crippen LogP contribution in [0.2, 0.25) is 0 Å². The van der Waals surface area contributed by atoms with E-state index in [9.17, 15) is 9.18 Å². The van der Waals surface area contributed by atoms with E-state index in [4.69, 9.17) is 9.84 Å². The maximum Gasteiger partial charge on any atom is 0.340 e. The van der Waals surface area contributed by atoms with E-state index in [-0.39, 0.29) is 23.8 Å². The second kappa shape index (κ2) is 9.14. The van der Waals surface area contributed by atoms with Crippen LogP contribution in [0.5, 0.6) is 5.75 Å². The standard InChI is InChI=1S/C26H31FN4O2/c1-18-10-12-30(13-11-18)15-14-29(2)26(32)31-25(19-6-4-3-5-7-19)22-17-33-23-9-8-20(27)16-21(23)24(22)28-31/h3-9,16,18,22,25H,10-15,17H2,1-2H3. The number of hydrazone groups is 1. The zero-order valence-corrected chi connectivity index (χ0v) is 19.3. The Kier molecular flexibility index (Phi) is 6.06. The van der Waals surface area contributed by atoms with Crippen LogP contribution in [0.1, 0.15) is 36.9 Å². The Hall–Kier alpha value is -2.93. The Bertz CT molecular complexity index is 1040. The van der Waals surface area contributed by atoms with Gasteiger partial charge in [0.1, 0.15) is 11.6 Å². The number of carbonyl (C=O) groups excluding carboxylic acids is 1. The molecular formula is C26H31FN4O2. The van der Waals surface area contributed by atoms with Crippen molar-refractivity contribution in [2.24, 2.45) is 16.9 Å². The summed E-state index contributed by atoms with van der Waals surface area (Å²) in [6.07, 6.45) is 2.43. The van der Waals surface area contributed by atoms with Crippen molar-refractivity contribution in [3.05, 3.63) is 65.5 Å². The normalized spacial score (nSPS) is 22.9. The number of likely N-dealkylation sites (N-methyl/N-ethyl adjacent to an activating group) is 1. The minimum Gasteiger partial charge on any atom is -0.492 e. The summed E-state index contributed by atoms with van der Waals surface area (Å²) in [6.45, 7) is 6.37. The third-order valence-corrected chi connectivity index (χ3v) is 7.14. The maximum absolute atomic E-state index is 14.1. The summed E-state index contributed by atoms with van der Waals surface area (Å²) in [5.74, 6) is 0.906. The van der Waals surface area contributed by atoms with Crippen molar-refractivity contribution in [3.63, 3.8) is 0 Å². The number of benzene rings is 2. The molecule has 2 amide bonds. The largest absolute Gasteiger partial charge is 0.492 e. The average Bonchev–Trinajstić information content (AvgIpc) is 3.23. The molecule has 33 heavy (non-hydrogen) atoms. The van der Waals surface area contributed by atoms with E-state index in [1.165, 1.54) is 25.0 Å². The molecule has 6 nitrogen and oxygen atoms in total. The molecule has 0 saturated carbocycles. The van der Waals surface area contributed by atoms with Gasteiger partial charge in [-0.05, 0) is 55.6 Å². The highest BCUT2D eigenvalue weighted by molar-refractivity contribution is 6.07. The molecule has 3 aliphatic rings. The summed E-state index contributed by atoms with van der Waals surface area (Å²) >= 11 is 0. The van der Waals surface area contributed by atoms with Crippen LogP contribution >= 0.6 is 0 Å². The molecule has 2 aromatic rings. The van der Waals surface area contributed by atoms with Crippen LogP contribution in [-0.2, 0) is 0 Å². The average molecular weight is 451 g/mol. The van der Waals surface area contributed by atoms with Gasteiger partial charge < -0.3 is 14.5 Å². The zero-order valence-electron chi connectivity index (χ0n) is 19.3. The van der Waals surface area contributed by atoms with Crippen molar-refractivity contribution in [2.75, 3.05) is 39.8 Å². The molecule has 2 atom stereocenters. The second-order valence-electron chi connectivity index (χ2n) is 9.47. The first-order chi connectivity index (χ1) is 16.0. The molecule has 1 saturated heterocycles. The Morgan fingerprint density at radius 3 is 2.70 bits per heavy atom.